The SMILES string of the molecule is OCC(CO)(C(CCCl)(CCCl)OCCCl)C(CCCl)(CCCl)OCCCl. The summed E-state index contributed by atoms with van der Waals surface area (Å²) in [5.41, 5.74) is -3.44. The minimum absolute atomic E-state index is 0.199. The maximum Gasteiger partial charge on any atom is 0.0833 e. The Morgan fingerprint density at radius 3 is 1.00 bits per heavy atom. The molecule has 0 aromatic heterocycles. The summed E-state index contributed by atoms with van der Waals surface area (Å²) in [6.45, 7) is -0.472. The highest BCUT2D eigenvalue weighted by molar-refractivity contribution is 6.19. The molecule has 0 aromatic rings. The summed E-state index contributed by atoms with van der Waals surface area (Å²) in [6, 6.07) is 0. The molecule has 10 heteroatoms. The van der Waals surface area contributed by atoms with Gasteiger partial charge < -0.3 is 19.7 Å². The lowest BCUT2D eigenvalue weighted by molar-refractivity contribution is -0.264. The van der Waals surface area contributed by atoms with Gasteiger partial charge in [-0.2, -0.15) is 0 Å². The van der Waals surface area contributed by atoms with Gasteiger partial charge in [-0.3, -0.25) is 0 Å². The number of aliphatic hydroxyl groups excluding tert-OH is 2. The maximum atomic E-state index is 10.6. The summed E-state index contributed by atoms with van der Waals surface area (Å²) >= 11 is 36.1. The number of rotatable bonds is 18. The molecular formula is C17H30Cl6O4. The Balaban J connectivity index is 6.59. The lowest BCUT2D eigenvalue weighted by atomic mass is 9.57. The summed E-state index contributed by atoms with van der Waals surface area (Å²) in [6.07, 6.45) is 1.32. The molecule has 0 aliphatic carbocycles. The van der Waals surface area contributed by atoms with Crippen LogP contribution in [0.2, 0.25) is 0 Å². The number of aliphatic hydroxyl groups is 2. The monoisotopic (exact) mass is 508 g/mol. The third kappa shape index (κ3) is 6.78. The molecule has 0 unspecified atom stereocenters. The molecule has 2 N–H and O–H groups in total. The van der Waals surface area contributed by atoms with Gasteiger partial charge in [0.15, 0.2) is 0 Å². The van der Waals surface area contributed by atoms with Crippen LogP contribution in [0.4, 0.5) is 0 Å². The first-order chi connectivity index (χ1) is 13.0. The van der Waals surface area contributed by atoms with Gasteiger partial charge in [-0.15, -0.1) is 69.6 Å². The quantitative estimate of drug-likeness (QED) is 0.267. The van der Waals surface area contributed by atoms with Crippen LogP contribution in [0, 0.1) is 5.41 Å². The predicted octanol–water partition coefficient (Wildman–Crippen LogP) is 4.46. The highest BCUT2D eigenvalue weighted by Crippen LogP contribution is 2.53. The molecule has 0 bridgehead atoms. The second kappa shape index (κ2) is 15.4. The summed E-state index contributed by atoms with van der Waals surface area (Å²) in [5, 5.41) is 21.2. The molecule has 0 aliphatic rings. The first-order valence-electron chi connectivity index (χ1n) is 8.84. The fraction of sp³-hybridized carbons (Fsp3) is 1.00. The van der Waals surface area contributed by atoms with Crippen molar-refractivity contribution >= 4 is 69.6 Å². The van der Waals surface area contributed by atoms with Crippen molar-refractivity contribution in [3.63, 3.8) is 0 Å². The van der Waals surface area contributed by atoms with E-state index in [2.05, 4.69) is 0 Å². The number of halogens is 6. The van der Waals surface area contributed by atoms with Crippen LogP contribution in [0.15, 0.2) is 0 Å². The van der Waals surface area contributed by atoms with Gasteiger partial charge in [-0.1, -0.05) is 0 Å². The summed E-state index contributed by atoms with van der Waals surface area (Å²) in [4.78, 5) is 0. The molecule has 0 saturated carbocycles. The van der Waals surface area contributed by atoms with Crippen molar-refractivity contribution in [2.24, 2.45) is 5.41 Å². The van der Waals surface area contributed by atoms with Crippen LogP contribution in [0.25, 0.3) is 0 Å². The minimum Gasteiger partial charge on any atom is -0.395 e. The molecule has 27 heavy (non-hydrogen) atoms. The molecule has 0 aliphatic heterocycles. The fourth-order valence-electron chi connectivity index (χ4n) is 3.89. The van der Waals surface area contributed by atoms with Crippen molar-refractivity contribution in [3.8, 4) is 0 Å². The van der Waals surface area contributed by atoms with Gasteiger partial charge in [0, 0.05) is 35.3 Å². The van der Waals surface area contributed by atoms with E-state index in [1.807, 2.05) is 0 Å². The molecule has 4 nitrogen and oxygen atoms in total. The summed E-state index contributed by atoms with van der Waals surface area (Å²) < 4.78 is 12.3. The molecule has 0 rings (SSSR count). The second-order valence-corrected chi connectivity index (χ2v) is 8.49. The van der Waals surface area contributed by atoms with Crippen LogP contribution in [-0.4, -0.2) is 83.1 Å². The van der Waals surface area contributed by atoms with Gasteiger partial charge in [0.2, 0.25) is 0 Å². The topological polar surface area (TPSA) is 58.9 Å². The lowest BCUT2D eigenvalue weighted by Gasteiger charge is -2.58. The molecule has 0 radical (unpaired) electrons. The molecule has 0 heterocycles. The zero-order valence-corrected chi connectivity index (χ0v) is 19.9. The fourth-order valence-corrected chi connectivity index (χ4v) is 5.27. The summed E-state index contributed by atoms with van der Waals surface area (Å²) in [7, 11) is 0. The van der Waals surface area contributed by atoms with Crippen LogP contribution in [-0.2, 0) is 9.47 Å². The zero-order valence-electron chi connectivity index (χ0n) is 15.4. The van der Waals surface area contributed by atoms with Crippen molar-refractivity contribution in [1.29, 1.82) is 0 Å². The largest absolute Gasteiger partial charge is 0.395 e. The third-order valence-corrected chi connectivity index (χ3v) is 6.25. The van der Waals surface area contributed by atoms with Gasteiger partial charge >= 0.3 is 0 Å². The van der Waals surface area contributed by atoms with Crippen molar-refractivity contribution in [1.82, 2.24) is 0 Å². The average Bonchev–Trinajstić information content (AvgIpc) is 2.66. The van der Waals surface area contributed by atoms with E-state index in [-0.39, 0.29) is 48.5 Å². The molecular weight excluding hydrogens is 481 g/mol. The van der Waals surface area contributed by atoms with E-state index in [4.69, 9.17) is 79.1 Å². The van der Waals surface area contributed by atoms with E-state index in [1.54, 1.807) is 0 Å². The molecule has 0 spiro atoms. The van der Waals surface area contributed by atoms with Gasteiger partial charge in [-0.25, -0.2) is 0 Å². The Labute approximate surface area is 192 Å². The van der Waals surface area contributed by atoms with E-state index in [0.717, 1.165) is 0 Å². The lowest BCUT2D eigenvalue weighted by Crippen LogP contribution is -2.68. The molecule has 0 atom stereocenters. The van der Waals surface area contributed by atoms with Crippen LogP contribution in [0.1, 0.15) is 25.7 Å². The zero-order chi connectivity index (χ0) is 20.8. The van der Waals surface area contributed by atoms with Crippen molar-refractivity contribution in [2.45, 2.75) is 36.9 Å². The summed E-state index contributed by atoms with van der Waals surface area (Å²) in [5.74, 6) is 1.39. The number of alkyl halides is 6. The van der Waals surface area contributed by atoms with Crippen molar-refractivity contribution in [2.75, 3.05) is 61.7 Å². The van der Waals surface area contributed by atoms with Gasteiger partial charge in [0.25, 0.3) is 0 Å². The van der Waals surface area contributed by atoms with Gasteiger partial charge in [-0.05, 0) is 25.7 Å². The molecule has 0 saturated heterocycles. The number of hydrogen-bond acceptors (Lipinski definition) is 4. The smallest absolute Gasteiger partial charge is 0.0833 e. The van der Waals surface area contributed by atoms with Crippen molar-refractivity contribution in [3.05, 3.63) is 0 Å². The van der Waals surface area contributed by atoms with Crippen molar-refractivity contribution < 1.29 is 19.7 Å². The Morgan fingerprint density at radius 2 is 0.815 bits per heavy atom. The Hall–Kier alpha value is 1.58. The van der Waals surface area contributed by atoms with E-state index in [9.17, 15) is 10.2 Å². The van der Waals surface area contributed by atoms with Crippen LogP contribution in [0.3, 0.4) is 0 Å². The van der Waals surface area contributed by atoms with Gasteiger partial charge in [0.05, 0.1) is 43.0 Å². The first-order valence-corrected chi connectivity index (χ1v) is 12.1. The second-order valence-electron chi connectivity index (χ2n) is 6.22. The Morgan fingerprint density at radius 1 is 0.519 bits per heavy atom. The Bertz CT molecular complexity index is 329. The van der Waals surface area contributed by atoms with E-state index < -0.39 is 29.8 Å². The average molecular weight is 511 g/mol. The Kier molecular flexibility index (Phi) is 16.3. The highest BCUT2D eigenvalue weighted by atomic mass is 35.5. The van der Waals surface area contributed by atoms with E-state index >= 15 is 0 Å². The van der Waals surface area contributed by atoms with Gasteiger partial charge in [0.1, 0.15) is 0 Å². The van der Waals surface area contributed by atoms with E-state index in [1.165, 1.54) is 0 Å². The molecule has 0 aromatic carbocycles. The number of ether oxygens (including phenoxy) is 2. The minimum atomic E-state index is -1.27. The first kappa shape index (κ1) is 28.6. The van der Waals surface area contributed by atoms with Crippen LogP contribution in [0.5, 0.6) is 0 Å². The highest BCUT2D eigenvalue weighted by Gasteiger charge is 2.63. The van der Waals surface area contributed by atoms with Crippen LogP contribution < -0.4 is 0 Å². The molecule has 164 valence electrons. The third-order valence-electron chi connectivity index (χ3n) is 5.19. The van der Waals surface area contributed by atoms with E-state index in [0.29, 0.717) is 25.7 Å². The maximum absolute atomic E-state index is 10.6. The van der Waals surface area contributed by atoms with Crippen LogP contribution >= 0.6 is 69.6 Å². The molecule has 0 amide bonds. The predicted molar refractivity (Wildman–Crippen MR) is 117 cm³/mol. The molecule has 0 fully saturated rings. The normalized spacial score (nSPS) is 13.3. The standard InChI is InChI=1S/C17H30Cl6O4/c18-5-1-16(2-6-19,26-11-9-22)15(13-24,14-25)17(3-7-20,4-8-21)27-12-10-23/h24-25H,1-14H2. The number of hydrogen-bond donors (Lipinski definition) is 2.